The Labute approximate surface area is 137 Å². The highest BCUT2D eigenvalue weighted by atomic mass is 32.2. The van der Waals surface area contributed by atoms with Crippen LogP contribution in [0.1, 0.15) is 18.9 Å². The molecule has 1 fully saturated rings. The van der Waals surface area contributed by atoms with Crippen LogP contribution in [0.3, 0.4) is 0 Å². The highest BCUT2D eigenvalue weighted by molar-refractivity contribution is 7.87. The molecule has 1 aromatic carbocycles. The quantitative estimate of drug-likeness (QED) is 0.630. The predicted molar refractivity (Wildman–Crippen MR) is 76.0 cm³/mol. The van der Waals surface area contributed by atoms with Crippen LogP contribution in [0.15, 0.2) is 30.3 Å². The summed E-state index contributed by atoms with van der Waals surface area (Å²) in [5.41, 5.74) is -4.81. The van der Waals surface area contributed by atoms with Crippen molar-refractivity contribution in [2.24, 2.45) is 0 Å². The van der Waals surface area contributed by atoms with Gasteiger partial charge in [-0.3, -0.25) is 4.18 Å². The molecule has 24 heavy (non-hydrogen) atoms. The maximum atomic E-state index is 12.5. The first-order valence-corrected chi connectivity index (χ1v) is 8.49. The Balaban J connectivity index is 2.12. The van der Waals surface area contributed by atoms with Gasteiger partial charge in [0.2, 0.25) is 0 Å². The first-order valence-electron chi connectivity index (χ1n) is 7.09. The van der Waals surface area contributed by atoms with Crippen LogP contribution in [0, 0.1) is 0 Å². The topological polar surface area (TPSA) is 82.1 Å². The molecular formula is C14H17F3O6S. The summed E-state index contributed by atoms with van der Waals surface area (Å²) in [6.07, 6.45) is -5.21. The largest absolute Gasteiger partial charge is 0.523 e. The molecule has 0 aliphatic carbocycles. The lowest BCUT2D eigenvalue weighted by Crippen LogP contribution is -2.51. The van der Waals surface area contributed by atoms with E-state index in [2.05, 4.69) is 4.18 Å². The van der Waals surface area contributed by atoms with Gasteiger partial charge in [0.05, 0.1) is 18.8 Å². The molecule has 1 aliphatic rings. The molecule has 2 rings (SSSR count). The van der Waals surface area contributed by atoms with Crippen molar-refractivity contribution in [2.45, 2.75) is 50.1 Å². The molecular weight excluding hydrogens is 353 g/mol. The Morgan fingerprint density at radius 3 is 2.50 bits per heavy atom. The average molecular weight is 370 g/mol. The van der Waals surface area contributed by atoms with E-state index in [-0.39, 0.29) is 13.0 Å². The van der Waals surface area contributed by atoms with Crippen molar-refractivity contribution in [2.75, 3.05) is 0 Å². The molecule has 6 nitrogen and oxygen atoms in total. The summed E-state index contributed by atoms with van der Waals surface area (Å²) in [6, 6.07) is 8.76. The molecule has 0 radical (unpaired) electrons. The number of halogens is 3. The second-order valence-electron chi connectivity index (χ2n) is 5.33. The lowest BCUT2D eigenvalue weighted by atomic mass is 10.0. The van der Waals surface area contributed by atoms with Gasteiger partial charge in [0.25, 0.3) is 0 Å². The summed E-state index contributed by atoms with van der Waals surface area (Å²) >= 11 is 0. The normalized spacial score (nSPS) is 28.7. The van der Waals surface area contributed by atoms with Crippen molar-refractivity contribution in [1.82, 2.24) is 0 Å². The zero-order valence-corrected chi connectivity index (χ0v) is 13.5. The second kappa shape index (κ2) is 7.36. The molecule has 0 amide bonds. The molecule has 1 N–H and O–H groups in total. The van der Waals surface area contributed by atoms with Gasteiger partial charge in [-0.1, -0.05) is 30.3 Å². The number of benzene rings is 1. The second-order valence-corrected chi connectivity index (χ2v) is 6.89. The fourth-order valence-electron chi connectivity index (χ4n) is 2.30. The van der Waals surface area contributed by atoms with Gasteiger partial charge in [0.1, 0.15) is 6.10 Å². The molecule has 1 heterocycles. The molecule has 10 heteroatoms. The van der Waals surface area contributed by atoms with Crippen molar-refractivity contribution in [3.8, 4) is 0 Å². The number of aliphatic hydroxyl groups is 1. The highest BCUT2D eigenvalue weighted by Gasteiger charge is 2.51. The number of hydrogen-bond acceptors (Lipinski definition) is 6. The molecule has 1 aliphatic heterocycles. The van der Waals surface area contributed by atoms with E-state index in [4.69, 9.17) is 9.47 Å². The van der Waals surface area contributed by atoms with Crippen molar-refractivity contribution >= 4 is 10.1 Å². The van der Waals surface area contributed by atoms with Gasteiger partial charge in [-0.2, -0.15) is 21.6 Å². The van der Waals surface area contributed by atoms with Crippen LogP contribution in [0.2, 0.25) is 0 Å². The van der Waals surface area contributed by atoms with Crippen LogP contribution in [0.4, 0.5) is 13.2 Å². The van der Waals surface area contributed by atoms with E-state index in [0.29, 0.717) is 0 Å². The fourth-order valence-corrected chi connectivity index (χ4v) is 2.98. The maximum absolute atomic E-state index is 12.5. The molecule has 0 saturated carbocycles. The zero-order valence-electron chi connectivity index (χ0n) is 12.6. The molecule has 0 spiro atoms. The first kappa shape index (κ1) is 19.1. The van der Waals surface area contributed by atoms with Gasteiger partial charge in [-0.25, -0.2) is 0 Å². The Morgan fingerprint density at radius 2 is 1.92 bits per heavy atom. The van der Waals surface area contributed by atoms with Crippen LogP contribution >= 0.6 is 0 Å². The van der Waals surface area contributed by atoms with E-state index >= 15 is 0 Å². The summed E-state index contributed by atoms with van der Waals surface area (Å²) in [7, 11) is -5.81. The fraction of sp³-hybridized carbons (Fsp3) is 0.571. The van der Waals surface area contributed by atoms with Crippen LogP contribution in [0.25, 0.3) is 0 Å². The van der Waals surface area contributed by atoms with E-state index in [0.717, 1.165) is 5.56 Å². The lowest BCUT2D eigenvalue weighted by molar-refractivity contribution is -0.233. The van der Waals surface area contributed by atoms with Crippen molar-refractivity contribution < 1.29 is 40.4 Å². The third-order valence-corrected chi connectivity index (χ3v) is 4.51. The molecule has 0 aromatic heterocycles. The Hall–Kier alpha value is -1.20. The van der Waals surface area contributed by atoms with Crippen LogP contribution in [0.5, 0.6) is 0 Å². The van der Waals surface area contributed by atoms with E-state index in [1.165, 1.54) is 6.92 Å². The van der Waals surface area contributed by atoms with Gasteiger partial charge >= 0.3 is 15.6 Å². The molecule has 0 unspecified atom stereocenters. The van der Waals surface area contributed by atoms with Crippen molar-refractivity contribution in [3.63, 3.8) is 0 Å². The van der Waals surface area contributed by atoms with Crippen molar-refractivity contribution in [3.05, 3.63) is 35.9 Å². The number of alkyl halides is 3. The monoisotopic (exact) mass is 370 g/mol. The zero-order chi connectivity index (χ0) is 18.0. The van der Waals surface area contributed by atoms with E-state index in [1.807, 2.05) is 0 Å². The predicted octanol–water partition coefficient (Wildman–Crippen LogP) is 1.93. The lowest BCUT2D eigenvalue weighted by Gasteiger charge is -2.37. The van der Waals surface area contributed by atoms with E-state index in [1.54, 1.807) is 30.3 Å². The SMILES string of the molecule is C[C@@H]1O[C@H](O)C[C@H](OCc2ccccc2)[C@H]1OS(=O)(=O)C(F)(F)F. The van der Waals surface area contributed by atoms with Gasteiger partial charge in [0.15, 0.2) is 6.29 Å². The molecule has 1 saturated heterocycles. The van der Waals surface area contributed by atoms with Crippen molar-refractivity contribution in [1.29, 1.82) is 0 Å². The third kappa shape index (κ3) is 4.67. The van der Waals surface area contributed by atoms with Crippen LogP contribution in [-0.2, 0) is 30.4 Å². The summed E-state index contributed by atoms with van der Waals surface area (Å²) in [4.78, 5) is 0. The third-order valence-electron chi connectivity index (χ3n) is 3.46. The molecule has 136 valence electrons. The van der Waals surface area contributed by atoms with E-state index < -0.39 is 40.2 Å². The maximum Gasteiger partial charge on any atom is 0.523 e. The Kier molecular flexibility index (Phi) is 5.87. The summed E-state index contributed by atoms with van der Waals surface area (Å²) in [5, 5.41) is 9.59. The van der Waals surface area contributed by atoms with Gasteiger partial charge in [0, 0.05) is 6.42 Å². The van der Waals surface area contributed by atoms with Gasteiger partial charge in [-0.15, -0.1) is 0 Å². The Morgan fingerprint density at radius 1 is 1.29 bits per heavy atom. The number of rotatable bonds is 5. The highest BCUT2D eigenvalue weighted by Crippen LogP contribution is 2.31. The van der Waals surface area contributed by atoms with Crippen LogP contribution in [-0.4, -0.2) is 43.6 Å². The molecule has 1 aromatic rings. The number of ether oxygens (including phenoxy) is 2. The number of aliphatic hydroxyl groups excluding tert-OH is 1. The summed E-state index contributed by atoms with van der Waals surface area (Å²) < 4.78 is 74.8. The first-order chi connectivity index (χ1) is 11.1. The minimum absolute atomic E-state index is 0.0247. The minimum Gasteiger partial charge on any atom is -0.370 e. The standard InChI is InChI=1S/C14H17F3O6S/c1-9-13(23-24(19,20)14(15,16)17)11(7-12(18)22-9)21-8-10-5-3-2-4-6-10/h2-6,9,11-13,18H,7-8H2,1H3/t9-,11-,12-,13-/m0/s1. The summed E-state index contributed by atoms with van der Waals surface area (Å²) in [5.74, 6) is 0. The number of hydrogen-bond donors (Lipinski definition) is 1. The minimum atomic E-state index is -5.81. The molecule has 4 atom stereocenters. The Bertz CT molecular complexity index is 634. The average Bonchev–Trinajstić information content (AvgIpc) is 2.48. The van der Waals surface area contributed by atoms with Crippen LogP contribution < -0.4 is 0 Å². The van der Waals surface area contributed by atoms with Gasteiger partial charge < -0.3 is 14.6 Å². The summed E-state index contributed by atoms with van der Waals surface area (Å²) in [6.45, 7) is 1.33. The molecule has 0 bridgehead atoms. The van der Waals surface area contributed by atoms with Gasteiger partial charge in [-0.05, 0) is 12.5 Å². The van der Waals surface area contributed by atoms with E-state index in [9.17, 15) is 26.7 Å². The smallest absolute Gasteiger partial charge is 0.370 e.